The number of hydrogen-bond acceptors (Lipinski definition) is 3. The third-order valence-electron chi connectivity index (χ3n) is 4.11. The van der Waals surface area contributed by atoms with Crippen LogP contribution < -0.4 is 0 Å². The fourth-order valence-corrected chi connectivity index (χ4v) is 2.83. The highest BCUT2D eigenvalue weighted by molar-refractivity contribution is 5.78. The summed E-state index contributed by atoms with van der Waals surface area (Å²) >= 11 is 0. The summed E-state index contributed by atoms with van der Waals surface area (Å²) in [6, 6.07) is 14.6. The lowest BCUT2D eigenvalue weighted by atomic mass is 10.2. The van der Waals surface area contributed by atoms with Gasteiger partial charge in [-0.05, 0) is 49.7 Å². The SMILES string of the molecule is CC(C)OCc1ccc2c(c1)ncn2-c1cccc(-n2ccnc2)c1. The predicted molar refractivity (Wildman–Crippen MR) is 98.1 cm³/mol. The normalized spacial score (nSPS) is 11.5. The van der Waals surface area contributed by atoms with Crippen LogP contribution in [0.3, 0.4) is 0 Å². The zero-order chi connectivity index (χ0) is 17.2. The number of benzene rings is 2. The molecule has 0 atom stereocenters. The van der Waals surface area contributed by atoms with Gasteiger partial charge in [0.15, 0.2) is 0 Å². The van der Waals surface area contributed by atoms with E-state index in [1.54, 1.807) is 12.5 Å². The Morgan fingerprint density at radius 2 is 1.92 bits per heavy atom. The van der Waals surface area contributed by atoms with E-state index in [0.717, 1.165) is 28.0 Å². The molecule has 0 aliphatic rings. The standard InChI is InChI=1S/C20H20N4O/c1-15(2)25-12-16-6-7-20-19(10-16)22-14-24(20)18-5-3-4-17(11-18)23-9-8-21-13-23/h3-11,13-15H,12H2,1-2H3. The van der Waals surface area contributed by atoms with Gasteiger partial charge in [-0.15, -0.1) is 0 Å². The van der Waals surface area contributed by atoms with E-state index in [0.29, 0.717) is 6.61 Å². The molecule has 2 aromatic heterocycles. The molecular weight excluding hydrogens is 312 g/mol. The number of fused-ring (bicyclic) bond motifs is 1. The average Bonchev–Trinajstić information content (AvgIpc) is 3.29. The van der Waals surface area contributed by atoms with E-state index in [1.807, 2.05) is 37.0 Å². The first-order valence-electron chi connectivity index (χ1n) is 8.37. The molecule has 0 radical (unpaired) electrons. The molecule has 0 saturated heterocycles. The van der Waals surface area contributed by atoms with E-state index in [4.69, 9.17) is 4.74 Å². The Morgan fingerprint density at radius 1 is 1.04 bits per heavy atom. The van der Waals surface area contributed by atoms with Crippen LogP contribution in [0.15, 0.2) is 67.5 Å². The molecule has 25 heavy (non-hydrogen) atoms. The molecular formula is C20H20N4O. The molecule has 0 saturated carbocycles. The first-order valence-corrected chi connectivity index (χ1v) is 8.37. The molecule has 126 valence electrons. The highest BCUT2D eigenvalue weighted by Crippen LogP contribution is 2.21. The maximum Gasteiger partial charge on any atom is 0.100 e. The highest BCUT2D eigenvalue weighted by Gasteiger charge is 2.07. The molecule has 0 unspecified atom stereocenters. The van der Waals surface area contributed by atoms with Gasteiger partial charge in [-0.2, -0.15) is 0 Å². The number of nitrogens with zero attached hydrogens (tertiary/aromatic N) is 4. The van der Waals surface area contributed by atoms with Crippen molar-refractivity contribution in [2.75, 3.05) is 0 Å². The van der Waals surface area contributed by atoms with Gasteiger partial charge in [-0.1, -0.05) is 12.1 Å². The Labute approximate surface area is 146 Å². The van der Waals surface area contributed by atoms with Crippen molar-refractivity contribution in [1.82, 2.24) is 19.1 Å². The zero-order valence-corrected chi connectivity index (χ0v) is 14.3. The van der Waals surface area contributed by atoms with Gasteiger partial charge in [-0.25, -0.2) is 9.97 Å². The lowest BCUT2D eigenvalue weighted by Gasteiger charge is -2.09. The van der Waals surface area contributed by atoms with Crippen LogP contribution in [-0.2, 0) is 11.3 Å². The Bertz CT molecular complexity index is 986. The number of rotatable bonds is 5. The van der Waals surface area contributed by atoms with Crippen LogP contribution in [0, 0.1) is 0 Å². The average molecular weight is 332 g/mol. The number of ether oxygens (including phenoxy) is 1. The molecule has 0 bridgehead atoms. The monoisotopic (exact) mass is 332 g/mol. The smallest absolute Gasteiger partial charge is 0.100 e. The van der Waals surface area contributed by atoms with Crippen molar-refractivity contribution < 1.29 is 4.74 Å². The van der Waals surface area contributed by atoms with Gasteiger partial charge in [0.1, 0.15) is 6.33 Å². The van der Waals surface area contributed by atoms with Gasteiger partial charge in [0.2, 0.25) is 0 Å². The summed E-state index contributed by atoms with van der Waals surface area (Å²) in [6.07, 6.45) is 7.60. The van der Waals surface area contributed by atoms with E-state index >= 15 is 0 Å². The van der Waals surface area contributed by atoms with Crippen molar-refractivity contribution in [2.45, 2.75) is 26.6 Å². The van der Waals surface area contributed by atoms with Crippen molar-refractivity contribution in [3.8, 4) is 11.4 Å². The summed E-state index contributed by atoms with van der Waals surface area (Å²) in [5, 5.41) is 0. The first-order chi connectivity index (χ1) is 12.2. The summed E-state index contributed by atoms with van der Waals surface area (Å²) in [5.41, 5.74) is 5.33. The van der Waals surface area contributed by atoms with Crippen LogP contribution in [0.5, 0.6) is 0 Å². The molecule has 4 rings (SSSR count). The Balaban J connectivity index is 1.69. The van der Waals surface area contributed by atoms with Gasteiger partial charge >= 0.3 is 0 Å². The second-order valence-corrected chi connectivity index (χ2v) is 6.29. The number of aromatic nitrogens is 4. The summed E-state index contributed by atoms with van der Waals surface area (Å²) in [7, 11) is 0. The van der Waals surface area contributed by atoms with Crippen LogP contribution in [-0.4, -0.2) is 25.2 Å². The molecule has 5 nitrogen and oxygen atoms in total. The predicted octanol–water partition coefficient (Wildman–Crippen LogP) is 4.14. The molecule has 0 N–H and O–H groups in total. The molecule has 4 aromatic rings. The summed E-state index contributed by atoms with van der Waals surface area (Å²) in [5.74, 6) is 0. The summed E-state index contributed by atoms with van der Waals surface area (Å²) in [6.45, 7) is 4.69. The van der Waals surface area contributed by atoms with Crippen LogP contribution in [0.2, 0.25) is 0 Å². The molecule has 0 amide bonds. The van der Waals surface area contributed by atoms with Crippen molar-refractivity contribution >= 4 is 11.0 Å². The van der Waals surface area contributed by atoms with Gasteiger partial charge < -0.3 is 9.30 Å². The van der Waals surface area contributed by atoms with Gasteiger partial charge in [0.25, 0.3) is 0 Å². The second-order valence-electron chi connectivity index (χ2n) is 6.29. The summed E-state index contributed by atoms with van der Waals surface area (Å²) in [4.78, 5) is 8.68. The van der Waals surface area contributed by atoms with Crippen molar-refractivity contribution in [2.24, 2.45) is 0 Å². The fourth-order valence-electron chi connectivity index (χ4n) is 2.83. The largest absolute Gasteiger partial charge is 0.374 e. The fraction of sp³-hybridized carbons (Fsp3) is 0.200. The first kappa shape index (κ1) is 15.6. The Morgan fingerprint density at radius 3 is 2.72 bits per heavy atom. The van der Waals surface area contributed by atoms with Crippen LogP contribution >= 0.6 is 0 Å². The minimum Gasteiger partial charge on any atom is -0.374 e. The molecule has 0 aliphatic carbocycles. The van der Waals surface area contributed by atoms with Crippen LogP contribution in [0.25, 0.3) is 22.4 Å². The molecule has 0 spiro atoms. The quantitative estimate of drug-likeness (QED) is 0.552. The Hall–Kier alpha value is -2.92. The minimum absolute atomic E-state index is 0.221. The molecule has 0 aliphatic heterocycles. The maximum atomic E-state index is 5.68. The molecule has 5 heteroatoms. The van der Waals surface area contributed by atoms with E-state index < -0.39 is 0 Å². The minimum atomic E-state index is 0.221. The summed E-state index contributed by atoms with van der Waals surface area (Å²) < 4.78 is 9.77. The zero-order valence-electron chi connectivity index (χ0n) is 14.3. The van der Waals surface area contributed by atoms with Crippen LogP contribution in [0.1, 0.15) is 19.4 Å². The van der Waals surface area contributed by atoms with Gasteiger partial charge in [-0.3, -0.25) is 4.57 Å². The number of imidazole rings is 2. The lowest BCUT2D eigenvalue weighted by molar-refractivity contribution is 0.0657. The third-order valence-corrected chi connectivity index (χ3v) is 4.11. The van der Waals surface area contributed by atoms with E-state index in [2.05, 4.69) is 50.9 Å². The van der Waals surface area contributed by atoms with Crippen molar-refractivity contribution in [1.29, 1.82) is 0 Å². The molecule has 2 heterocycles. The lowest BCUT2D eigenvalue weighted by Crippen LogP contribution is -2.02. The van der Waals surface area contributed by atoms with E-state index in [1.165, 1.54) is 0 Å². The van der Waals surface area contributed by atoms with Crippen LogP contribution in [0.4, 0.5) is 0 Å². The molecule has 2 aromatic carbocycles. The van der Waals surface area contributed by atoms with Gasteiger partial charge in [0, 0.05) is 23.8 Å². The highest BCUT2D eigenvalue weighted by atomic mass is 16.5. The van der Waals surface area contributed by atoms with E-state index in [-0.39, 0.29) is 6.10 Å². The Kier molecular flexibility index (Phi) is 4.07. The topological polar surface area (TPSA) is 44.9 Å². The van der Waals surface area contributed by atoms with Gasteiger partial charge in [0.05, 0.1) is 30.1 Å². The number of hydrogen-bond donors (Lipinski definition) is 0. The third kappa shape index (κ3) is 3.19. The molecule has 0 fully saturated rings. The van der Waals surface area contributed by atoms with Crippen molar-refractivity contribution in [3.05, 3.63) is 73.1 Å². The second kappa shape index (κ2) is 6.53. The maximum absolute atomic E-state index is 5.68. The van der Waals surface area contributed by atoms with E-state index in [9.17, 15) is 0 Å². The van der Waals surface area contributed by atoms with Crippen molar-refractivity contribution in [3.63, 3.8) is 0 Å².